The zero-order valence-electron chi connectivity index (χ0n) is 9.12. The first-order valence-electron chi connectivity index (χ1n) is 5.48. The van der Waals surface area contributed by atoms with Gasteiger partial charge in [0, 0.05) is 13.2 Å². The van der Waals surface area contributed by atoms with Crippen LogP contribution in [-0.4, -0.2) is 25.8 Å². The summed E-state index contributed by atoms with van der Waals surface area (Å²) < 4.78 is 10.2. The van der Waals surface area contributed by atoms with Crippen LogP contribution in [0.5, 0.6) is 0 Å². The number of carbonyl (C=O) groups excluding carboxylic acids is 1. The molecule has 1 rings (SSSR count). The van der Waals surface area contributed by atoms with Crippen molar-refractivity contribution in [2.24, 2.45) is 11.8 Å². The fourth-order valence-corrected chi connectivity index (χ4v) is 1.86. The Morgan fingerprint density at radius 3 is 2.71 bits per heavy atom. The summed E-state index contributed by atoms with van der Waals surface area (Å²) in [6, 6.07) is 0. The Kier molecular flexibility index (Phi) is 4.94. The lowest BCUT2D eigenvalue weighted by Crippen LogP contribution is -2.22. The molecular weight excluding hydrogens is 180 g/mol. The number of hydrogen-bond acceptors (Lipinski definition) is 3. The molecular formula is C11H20O3. The topological polar surface area (TPSA) is 35.5 Å². The van der Waals surface area contributed by atoms with E-state index in [4.69, 9.17) is 9.47 Å². The van der Waals surface area contributed by atoms with E-state index in [1.807, 2.05) is 13.8 Å². The molecule has 0 unspecified atom stereocenters. The van der Waals surface area contributed by atoms with Gasteiger partial charge in [-0.1, -0.05) is 6.92 Å². The lowest BCUT2D eigenvalue weighted by atomic mass is 9.90. The van der Waals surface area contributed by atoms with Gasteiger partial charge >= 0.3 is 5.97 Å². The van der Waals surface area contributed by atoms with Crippen LogP contribution in [0.1, 0.15) is 33.1 Å². The van der Waals surface area contributed by atoms with Gasteiger partial charge in [-0.3, -0.25) is 4.79 Å². The van der Waals surface area contributed by atoms with E-state index in [0.29, 0.717) is 12.5 Å². The zero-order chi connectivity index (χ0) is 10.4. The van der Waals surface area contributed by atoms with E-state index in [9.17, 15) is 4.79 Å². The summed E-state index contributed by atoms with van der Waals surface area (Å²) in [6.45, 7) is 5.98. The maximum absolute atomic E-state index is 11.4. The van der Waals surface area contributed by atoms with Gasteiger partial charge in [0.2, 0.25) is 0 Å². The second-order valence-electron chi connectivity index (χ2n) is 3.94. The molecule has 1 aliphatic rings. The summed E-state index contributed by atoms with van der Waals surface area (Å²) in [6.07, 6.45) is 3.12. The van der Waals surface area contributed by atoms with Crippen molar-refractivity contribution < 1.29 is 14.3 Å². The molecule has 0 bridgehead atoms. The number of esters is 1. The van der Waals surface area contributed by atoms with Gasteiger partial charge in [0.25, 0.3) is 0 Å². The van der Waals surface area contributed by atoms with Gasteiger partial charge < -0.3 is 9.47 Å². The summed E-state index contributed by atoms with van der Waals surface area (Å²) in [4.78, 5) is 11.4. The molecule has 14 heavy (non-hydrogen) atoms. The maximum atomic E-state index is 11.4. The highest BCUT2D eigenvalue weighted by atomic mass is 16.5. The maximum Gasteiger partial charge on any atom is 0.308 e. The Bertz CT molecular complexity index is 173. The van der Waals surface area contributed by atoms with Gasteiger partial charge in [-0.15, -0.1) is 0 Å². The Hall–Kier alpha value is -0.570. The largest absolute Gasteiger partial charge is 0.466 e. The number of carbonyl (C=O) groups is 1. The van der Waals surface area contributed by atoms with Crippen molar-refractivity contribution >= 4 is 5.97 Å². The van der Waals surface area contributed by atoms with Crippen LogP contribution in [0.2, 0.25) is 0 Å². The molecule has 0 radical (unpaired) electrons. The third kappa shape index (κ3) is 3.66. The van der Waals surface area contributed by atoms with Gasteiger partial charge in [-0.05, 0) is 32.1 Å². The van der Waals surface area contributed by atoms with Crippen molar-refractivity contribution in [2.75, 3.05) is 19.8 Å². The fraction of sp³-hybridized carbons (Fsp3) is 0.909. The fourth-order valence-electron chi connectivity index (χ4n) is 1.86. The van der Waals surface area contributed by atoms with Crippen LogP contribution in [0.3, 0.4) is 0 Å². The molecule has 0 N–H and O–H groups in total. The van der Waals surface area contributed by atoms with Gasteiger partial charge in [0.15, 0.2) is 0 Å². The van der Waals surface area contributed by atoms with Crippen LogP contribution < -0.4 is 0 Å². The van der Waals surface area contributed by atoms with Crippen molar-refractivity contribution in [3.8, 4) is 0 Å². The Morgan fingerprint density at radius 2 is 2.14 bits per heavy atom. The first-order valence-corrected chi connectivity index (χ1v) is 5.48. The Balaban J connectivity index is 2.24. The van der Waals surface area contributed by atoms with Gasteiger partial charge in [-0.25, -0.2) is 0 Å². The minimum Gasteiger partial charge on any atom is -0.466 e. The third-order valence-electron chi connectivity index (χ3n) is 2.72. The third-order valence-corrected chi connectivity index (χ3v) is 2.72. The predicted octanol–water partition coefficient (Wildman–Crippen LogP) is 2.00. The average Bonchev–Trinajstić information content (AvgIpc) is 2.19. The highest BCUT2D eigenvalue weighted by molar-refractivity contribution is 5.71. The molecule has 1 heterocycles. The van der Waals surface area contributed by atoms with Crippen molar-refractivity contribution in [2.45, 2.75) is 33.1 Å². The first kappa shape index (κ1) is 11.5. The molecule has 0 amide bonds. The SMILES string of the molecule is CCOC(=O)[C@H](C)CC1CCOCC1. The van der Waals surface area contributed by atoms with Crippen molar-refractivity contribution in [3.63, 3.8) is 0 Å². The average molecular weight is 200 g/mol. The molecule has 1 fully saturated rings. The Morgan fingerprint density at radius 1 is 1.50 bits per heavy atom. The van der Waals surface area contributed by atoms with Gasteiger partial charge in [0.1, 0.15) is 0 Å². The van der Waals surface area contributed by atoms with E-state index in [0.717, 1.165) is 32.5 Å². The lowest BCUT2D eigenvalue weighted by Gasteiger charge is -2.23. The molecule has 0 aromatic heterocycles. The highest BCUT2D eigenvalue weighted by Crippen LogP contribution is 2.23. The summed E-state index contributed by atoms with van der Waals surface area (Å²) >= 11 is 0. The van der Waals surface area contributed by atoms with Crippen molar-refractivity contribution in [1.29, 1.82) is 0 Å². The molecule has 0 spiro atoms. The van der Waals surface area contributed by atoms with E-state index < -0.39 is 0 Å². The van der Waals surface area contributed by atoms with Crippen LogP contribution in [0.15, 0.2) is 0 Å². The van der Waals surface area contributed by atoms with Crippen molar-refractivity contribution in [3.05, 3.63) is 0 Å². The van der Waals surface area contributed by atoms with Crippen LogP contribution in [-0.2, 0) is 14.3 Å². The molecule has 0 aliphatic carbocycles. The molecule has 3 heteroatoms. The van der Waals surface area contributed by atoms with Crippen LogP contribution in [0.4, 0.5) is 0 Å². The van der Waals surface area contributed by atoms with E-state index in [1.54, 1.807) is 0 Å². The Labute approximate surface area is 85.8 Å². The second kappa shape index (κ2) is 6.02. The molecule has 1 saturated heterocycles. The molecule has 1 aliphatic heterocycles. The van der Waals surface area contributed by atoms with Crippen molar-refractivity contribution in [1.82, 2.24) is 0 Å². The molecule has 3 nitrogen and oxygen atoms in total. The van der Waals surface area contributed by atoms with Crippen LogP contribution in [0.25, 0.3) is 0 Å². The second-order valence-corrected chi connectivity index (χ2v) is 3.94. The van der Waals surface area contributed by atoms with Gasteiger partial charge in [0.05, 0.1) is 12.5 Å². The zero-order valence-corrected chi connectivity index (χ0v) is 9.12. The minimum atomic E-state index is -0.0565. The number of rotatable bonds is 4. The first-order chi connectivity index (χ1) is 6.74. The van der Waals surface area contributed by atoms with E-state index >= 15 is 0 Å². The standard InChI is InChI=1S/C11H20O3/c1-3-14-11(12)9(2)8-10-4-6-13-7-5-10/h9-10H,3-8H2,1-2H3/t9-/m1/s1. The quantitative estimate of drug-likeness (QED) is 0.651. The minimum absolute atomic E-state index is 0.0399. The normalized spacial score (nSPS) is 20.4. The van der Waals surface area contributed by atoms with E-state index in [-0.39, 0.29) is 11.9 Å². The molecule has 82 valence electrons. The summed E-state index contributed by atoms with van der Waals surface area (Å²) in [7, 11) is 0. The van der Waals surface area contributed by atoms with Crippen LogP contribution in [0, 0.1) is 11.8 Å². The summed E-state index contributed by atoms with van der Waals surface area (Å²) in [5, 5.41) is 0. The molecule has 1 atom stereocenters. The monoisotopic (exact) mass is 200 g/mol. The summed E-state index contributed by atoms with van der Waals surface area (Å²) in [5.41, 5.74) is 0. The van der Waals surface area contributed by atoms with Crippen LogP contribution >= 0.6 is 0 Å². The number of hydrogen-bond donors (Lipinski definition) is 0. The lowest BCUT2D eigenvalue weighted by molar-refractivity contribution is -0.148. The molecule has 0 aromatic rings. The number of ether oxygens (including phenoxy) is 2. The van der Waals surface area contributed by atoms with E-state index in [2.05, 4.69) is 0 Å². The van der Waals surface area contributed by atoms with E-state index in [1.165, 1.54) is 0 Å². The van der Waals surface area contributed by atoms with Gasteiger partial charge in [-0.2, -0.15) is 0 Å². The smallest absolute Gasteiger partial charge is 0.308 e. The predicted molar refractivity (Wildman–Crippen MR) is 54.0 cm³/mol. The summed E-state index contributed by atoms with van der Waals surface area (Å²) in [5.74, 6) is 0.625. The molecule has 0 saturated carbocycles. The molecule has 0 aromatic carbocycles. The highest BCUT2D eigenvalue weighted by Gasteiger charge is 2.21.